The maximum Gasteiger partial charge on any atom is 0.252 e. The third kappa shape index (κ3) is 3.22. The predicted molar refractivity (Wildman–Crippen MR) is 80.2 cm³/mol. The fourth-order valence-corrected chi connectivity index (χ4v) is 2.18. The topological polar surface area (TPSA) is 104 Å². The fraction of sp³-hybridized carbons (Fsp3) is 0.214. The molecule has 1 aromatic carbocycles. The number of halogens is 1. The zero-order chi connectivity index (χ0) is 15.6. The molecule has 6 nitrogen and oxygen atoms in total. The van der Waals surface area contributed by atoms with Crippen LogP contribution in [0, 0.1) is 6.92 Å². The van der Waals surface area contributed by atoms with E-state index in [0.717, 1.165) is 0 Å². The standard InChI is InChI=1S/C14H15ClN4O2/c1-7-11(13(16)20)12(19-14(17)18-7)8(2)21-10-6-4-3-5-9(10)15/h3-6,8H,1-2H3,(H2,16,20)(H2,17,18,19). The molecular weight excluding hydrogens is 292 g/mol. The number of anilines is 1. The molecule has 0 spiro atoms. The zero-order valence-electron chi connectivity index (χ0n) is 11.6. The maximum absolute atomic E-state index is 11.6. The summed E-state index contributed by atoms with van der Waals surface area (Å²) in [6.07, 6.45) is -0.559. The van der Waals surface area contributed by atoms with Gasteiger partial charge in [0.25, 0.3) is 5.91 Å². The van der Waals surface area contributed by atoms with Gasteiger partial charge in [0.05, 0.1) is 22.0 Å². The Hall–Kier alpha value is -2.34. The summed E-state index contributed by atoms with van der Waals surface area (Å²) in [7, 11) is 0. The number of carbonyl (C=O) groups is 1. The molecule has 1 aromatic heterocycles. The van der Waals surface area contributed by atoms with Gasteiger partial charge in [-0.25, -0.2) is 9.97 Å². The summed E-state index contributed by atoms with van der Waals surface area (Å²) in [6.45, 7) is 3.38. The van der Waals surface area contributed by atoms with E-state index in [2.05, 4.69) is 9.97 Å². The van der Waals surface area contributed by atoms with Crippen LogP contribution in [0.25, 0.3) is 0 Å². The number of amides is 1. The van der Waals surface area contributed by atoms with Crippen molar-refractivity contribution in [3.63, 3.8) is 0 Å². The van der Waals surface area contributed by atoms with Crippen molar-refractivity contribution in [2.24, 2.45) is 5.73 Å². The van der Waals surface area contributed by atoms with Crippen LogP contribution in [0.2, 0.25) is 5.02 Å². The van der Waals surface area contributed by atoms with Crippen LogP contribution < -0.4 is 16.2 Å². The largest absolute Gasteiger partial charge is 0.483 e. The molecule has 0 aliphatic heterocycles. The van der Waals surface area contributed by atoms with Crippen molar-refractivity contribution in [2.75, 3.05) is 5.73 Å². The number of hydrogen-bond acceptors (Lipinski definition) is 5. The second-order valence-corrected chi connectivity index (χ2v) is 4.89. The highest BCUT2D eigenvalue weighted by Gasteiger charge is 2.22. The smallest absolute Gasteiger partial charge is 0.252 e. The van der Waals surface area contributed by atoms with Gasteiger partial charge < -0.3 is 16.2 Å². The molecule has 0 radical (unpaired) electrons. The molecule has 21 heavy (non-hydrogen) atoms. The normalized spacial score (nSPS) is 12.0. The average molecular weight is 307 g/mol. The lowest BCUT2D eigenvalue weighted by Crippen LogP contribution is -2.21. The van der Waals surface area contributed by atoms with Gasteiger partial charge in [0.2, 0.25) is 5.95 Å². The number of hydrogen-bond donors (Lipinski definition) is 2. The zero-order valence-corrected chi connectivity index (χ0v) is 12.4. The number of rotatable bonds is 4. The van der Waals surface area contributed by atoms with Crippen molar-refractivity contribution in [1.29, 1.82) is 0 Å². The molecule has 0 fully saturated rings. The Bertz CT molecular complexity index is 691. The van der Waals surface area contributed by atoms with Crippen LogP contribution in [0.15, 0.2) is 24.3 Å². The number of aryl methyl sites for hydroxylation is 1. The van der Waals surface area contributed by atoms with Gasteiger partial charge in [-0.2, -0.15) is 0 Å². The maximum atomic E-state index is 11.6. The third-order valence-corrected chi connectivity index (χ3v) is 3.22. The van der Waals surface area contributed by atoms with Crippen molar-refractivity contribution in [3.05, 3.63) is 46.2 Å². The third-order valence-electron chi connectivity index (χ3n) is 2.91. The van der Waals surface area contributed by atoms with E-state index in [4.69, 9.17) is 27.8 Å². The van der Waals surface area contributed by atoms with Crippen LogP contribution in [0.3, 0.4) is 0 Å². The Labute approximate surface area is 127 Å². The number of benzene rings is 1. The second-order valence-electron chi connectivity index (χ2n) is 4.48. The first kappa shape index (κ1) is 15.1. The average Bonchev–Trinajstić information content (AvgIpc) is 2.39. The first-order valence-corrected chi connectivity index (χ1v) is 6.63. The molecule has 4 N–H and O–H groups in total. The summed E-state index contributed by atoms with van der Waals surface area (Å²) in [5.74, 6) is -0.0869. The molecule has 7 heteroatoms. The predicted octanol–water partition coefficient (Wildman–Crippen LogP) is 2.26. The van der Waals surface area contributed by atoms with Gasteiger partial charge in [-0.1, -0.05) is 23.7 Å². The van der Waals surface area contributed by atoms with E-state index in [0.29, 0.717) is 22.2 Å². The van der Waals surface area contributed by atoms with Crippen molar-refractivity contribution < 1.29 is 9.53 Å². The molecule has 110 valence electrons. The monoisotopic (exact) mass is 306 g/mol. The van der Waals surface area contributed by atoms with Gasteiger partial charge in [0.15, 0.2) is 0 Å². The minimum atomic E-state index is -0.628. The van der Waals surface area contributed by atoms with Gasteiger partial charge in [0, 0.05) is 0 Å². The minimum Gasteiger partial charge on any atom is -0.483 e. The second kappa shape index (κ2) is 5.97. The number of aromatic nitrogens is 2. The quantitative estimate of drug-likeness (QED) is 0.901. The van der Waals surface area contributed by atoms with Crippen LogP contribution in [-0.4, -0.2) is 15.9 Å². The molecule has 0 aliphatic carbocycles. The van der Waals surface area contributed by atoms with Gasteiger partial charge in [0.1, 0.15) is 11.9 Å². The van der Waals surface area contributed by atoms with Crippen molar-refractivity contribution >= 4 is 23.5 Å². The molecule has 0 saturated carbocycles. The van der Waals surface area contributed by atoms with E-state index in [1.807, 2.05) is 0 Å². The lowest BCUT2D eigenvalue weighted by molar-refractivity contribution is 0.0993. The molecule has 0 bridgehead atoms. The molecule has 0 saturated heterocycles. The Morgan fingerprint density at radius 2 is 2.00 bits per heavy atom. The van der Waals surface area contributed by atoms with Gasteiger partial charge in [-0.05, 0) is 26.0 Å². The van der Waals surface area contributed by atoms with Crippen LogP contribution in [0.5, 0.6) is 5.75 Å². The number of para-hydroxylation sites is 1. The molecule has 1 amide bonds. The molecule has 1 unspecified atom stereocenters. The highest BCUT2D eigenvalue weighted by molar-refractivity contribution is 6.32. The first-order chi connectivity index (χ1) is 9.90. The number of primary amides is 1. The number of nitrogens with zero attached hydrogens (tertiary/aromatic N) is 2. The molecule has 1 atom stereocenters. The Kier molecular flexibility index (Phi) is 4.28. The lowest BCUT2D eigenvalue weighted by Gasteiger charge is -2.18. The van der Waals surface area contributed by atoms with Crippen LogP contribution in [0.4, 0.5) is 5.95 Å². The Morgan fingerprint density at radius 1 is 1.33 bits per heavy atom. The SMILES string of the molecule is Cc1nc(N)nc(C(C)Oc2ccccc2Cl)c1C(N)=O. The molecular formula is C14H15ClN4O2. The minimum absolute atomic E-state index is 0.0575. The summed E-state index contributed by atoms with van der Waals surface area (Å²) in [5, 5.41) is 0.462. The molecule has 2 aromatic rings. The van der Waals surface area contributed by atoms with E-state index in [1.54, 1.807) is 38.1 Å². The van der Waals surface area contributed by atoms with E-state index in [-0.39, 0.29) is 11.5 Å². The summed E-state index contributed by atoms with van der Waals surface area (Å²) >= 11 is 6.05. The fourth-order valence-electron chi connectivity index (χ4n) is 2.00. The molecule has 1 heterocycles. The van der Waals surface area contributed by atoms with E-state index in [1.165, 1.54) is 0 Å². The van der Waals surface area contributed by atoms with Crippen LogP contribution in [-0.2, 0) is 0 Å². The lowest BCUT2D eigenvalue weighted by atomic mass is 10.1. The van der Waals surface area contributed by atoms with E-state index >= 15 is 0 Å². The van der Waals surface area contributed by atoms with Crippen molar-refractivity contribution in [2.45, 2.75) is 20.0 Å². The van der Waals surface area contributed by atoms with Crippen molar-refractivity contribution in [3.8, 4) is 5.75 Å². The van der Waals surface area contributed by atoms with Gasteiger partial charge >= 0.3 is 0 Å². The van der Waals surface area contributed by atoms with Crippen molar-refractivity contribution in [1.82, 2.24) is 9.97 Å². The van der Waals surface area contributed by atoms with Crippen LogP contribution >= 0.6 is 11.6 Å². The Morgan fingerprint density at radius 3 is 2.62 bits per heavy atom. The number of ether oxygens (including phenoxy) is 1. The number of carbonyl (C=O) groups excluding carboxylic acids is 1. The summed E-state index contributed by atoms with van der Waals surface area (Å²) < 4.78 is 5.75. The van der Waals surface area contributed by atoms with Gasteiger partial charge in [-0.3, -0.25) is 4.79 Å². The summed E-state index contributed by atoms with van der Waals surface area (Å²) in [6, 6.07) is 7.02. The van der Waals surface area contributed by atoms with Crippen LogP contribution in [0.1, 0.15) is 34.8 Å². The molecule has 0 aliphatic rings. The molecule has 2 rings (SSSR count). The highest BCUT2D eigenvalue weighted by atomic mass is 35.5. The first-order valence-electron chi connectivity index (χ1n) is 6.25. The van der Waals surface area contributed by atoms with Gasteiger partial charge in [-0.15, -0.1) is 0 Å². The van der Waals surface area contributed by atoms with E-state index < -0.39 is 12.0 Å². The highest BCUT2D eigenvalue weighted by Crippen LogP contribution is 2.29. The number of nitrogens with two attached hydrogens (primary N) is 2. The summed E-state index contributed by atoms with van der Waals surface area (Å²) in [5.41, 5.74) is 12.0. The Balaban J connectivity index is 2.41. The van der Waals surface area contributed by atoms with E-state index in [9.17, 15) is 4.79 Å². The number of nitrogen functional groups attached to an aromatic ring is 1. The summed E-state index contributed by atoms with van der Waals surface area (Å²) in [4.78, 5) is 19.6.